The van der Waals surface area contributed by atoms with Gasteiger partial charge in [-0.1, -0.05) is 6.07 Å². The third-order valence-corrected chi connectivity index (χ3v) is 3.28. The van der Waals surface area contributed by atoms with Crippen molar-refractivity contribution in [2.45, 2.75) is 12.8 Å². The predicted octanol–water partition coefficient (Wildman–Crippen LogP) is 0.426. The number of nitrogens with one attached hydrogen (secondary N) is 2. The molecule has 0 aliphatic carbocycles. The van der Waals surface area contributed by atoms with Gasteiger partial charge in [-0.25, -0.2) is 9.59 Å². The van der Waals surface area contributed by atoms with Crippen LogP contribution in [-0.2, 0) is 14.3 Å². The Balaban J connectivity index is 1.96. The topological polar surface area (TPSA) is 105 Å². The lowest BCUT2D eigenvalue weighted by Crippen LogP contribution is -2.39. The molecule has 2 rings (SSSR count). The summed E-state index contributed by atoms with van der Waals surface area (Å²) in [5.74, 6) is -1.42. The maximum absolute atomic E-state index is 11.9. The first-order valence-electron chi connectivity index (χ1n) is 7.10. The van der Waals surface area contributed by atoms with Crippen molar-refractivity contribution in [3.8, 4) is 0 Å². The number of esters is 1. The summed E-state index contributed by atoms with van der Waals surface area (Å²) < 4.78 is 4.85. The van der Waals surface area contributed by atoms with Crippen molar-refractivity contribution in [3.63, 3.8) is 0 Å². The van der Waals surface area contributed by atoms with Gasteiger partial charge >= 0.3 is 12.0 Å². The van der Waals surface area contributed by atoms with Crippen molar-refractivity contribution in [3.05, 3.63) is 29.8 Å². The predicted molar refractivity (Wildman–Crippen MR) is 80.9 cm³/mol. The Labute approximate surface area is 132 Å². The van der Waals surface area contributed by atoms with Crippen molar-refractivity contribution >= 4 is 29.5 Å². The van der Waals surface area contributed by atoms with Gasteiger partial charge in [0.1, 0.15) is 0 Å². The highest BCUT2D eigenvalue weighted by Crippen LogP contribution is 2.22. The molecule has 23 heavy (non-hydrogen) atoms. The molecule has 0 radical (unpaired) electrons. The van der Waals surface area contributed by atoms with Crippen LogP contribution in [0.15, 0.2) is 24.3 Å². The zero-order valence-corrected chi connectivity index (χ0v) is 12.6. The van der Waals surface area contributed by atoms with Crippen molar-refractivity contribution in [1.29, 1.82) is 0 Å². The summed E-state index contributed by atoms with van der Waals surface area (Å²) in [6.07, 6.45) is 1.28. The molecule has 1 saturated heterocycles. The van der Waals surface area contributed by atoms with Crippen LogP contribution in [0.4, 0.5) is 10.5 Å². The normalized spacial score (nSPS) is 13.6. The maximum Gasteiger partial charge on any atom is 0.338 e. The smallest absolute Gasteiger partial charge is 0.338 e. The van der Waals surface area contributed by atoms with E-state index in [4.69, 9.17) is 4.74 Å². The molecule has 1 aromatic carbocycles. The van der Waals surface area contributed by atoms with Gasteiger partial charge in [0, 0.05) is 25.7 Å². The van der Waals surface area contributed by atoms with Crippen LogP contribution in [0.3, 0.4) is 0 Å². The molecular weight excluding hydrogens is 302 g/mol. The van der Waals surface area contributed by atoms with E-state index in [-0.39, 0.29) is 11.5 Å². The van der Waals surface area contributed by atoms with Gasteiger partial charge in [-0.05, 0) is 24.6 Å². The molecule has 1 fully saturated rings. The van der Waals surface area contributed by atoms with E-state index in [0.29, 0.717) is 18.7 Å². The second kappa shape index (κ2) is 7.39. The van der Waals surface area contributed by atoms with Crippen LogP contribution in [0.5, 0.6) is 0 Å². The summed E-state index contributed by atoms with van der Waals surface area (Å²) in [6, 6.07) is 5.77. The summed E-state index contributed by atoms with van der Waals surface area (Å²) in [5, 5.41) is 4.19. The molecule has 8 nitrogen and oxygen atoms in total. The highest BCUT2D eigenvalue weighted by atomic mass is 16.5. The molecule has 2 N–H and O–H groups in total. The quantitative estimate of drug-likeness (QED) is 0.783. The fourth-order valence-electron chi connectivity index (χ4n) is 2.16. The van der Waals surface area contributed by atoms with Crippen molar-refractivity contribution < 1.29 is 23.9 Å². The number of nitrogens with zero attached hydrogens (tertiary/aromatic N) is 1. The number of amides is 4. The van der Waals surface area contributed by atoms with Gasteiger partial charge in [0.2, 0.25) is 5.91 Å². The van der Waals surface area contributed by atoms with Gasteiger partial charge in [0.15, 0.2) is 6.61 Å². The molecular formula is C15H17N3O5. The lowest BCUT2D eigenvalue weighted by atomic mass is 10.2. The Morgan fingerprint density at radius 2 is 2.09 bits per heavy atom. The Morgan fingerprint density at radius 3 is 2.74 bits per heavy atom. The van der Waals surface area contributed by atoms with E-state index in [1.807, 2.05) is 5.32 Å². The molecule has 1 aromatic rings. The Morgan fingerprint density at radius 1 is 1.30 bits per heavy atom. The van der Waals surface area contributed by atoms with Crippen LogP contribution in [0.2, 0.25) is 0 Å². The molecule has 0 spiro atoms. The average Bonchev–Trinajstić information content (AvgIpc) is 2.98. The van der Waals surface area contributed by atoms with Crippen LogP contribution in [0.1, 0.15) is 23.2 Å². The number of rotatable bonds is 4. The van der Waals surface area contributed by atoms with Crippen LogP contribution in [0.25, 0.3) is 0 Å². The SMILES string of the molecule is CNC(=O)NC(=O)COC(=O)c1cccc(N2CCCC2=O)c1. The number of carbonyl (C=O) groups excluding carboxylic acids is 4. The number of carbonyl (C=O) groups is 4. The maximum atomic E-state index is 11.9. The standard InChI is InChI=1S/C15H17N3O5/c1-16-15(22)17-12(19)9-23-14(21)10-4-2-5-11(8-10)18-7-3-6-13(18)20/h2,4-5,8H,3,6-7,9H2,1H3,(H2,16,17,19,22). The van der Waals surface area contributed by atoms with Crippen LogP contribution >= 0.6 is 0 Å². The summed E-state index contributed by atoms with van der Waals surface area (Å²) in [4.78, 5) is 47.6. The van der Waals surface area contributed by atoms with Crippen molar-refractivity contribution in [1.82, 2.24) is 10.6 Å². The summed E-state index contributed by atoms with van der Waals surface area (Å²) in [6.45, 7) is 0.0466. The van der Waals surface area contributed by atoms with E-state index in [1.54, 1.807) is 23.1 Å². The number of ether oxygens (including phenoxy) is 1. The molecule has 0 aromatic heterocycles. The van der Waals surface area contributed by atoms with Gasteiger partial charge < -0.3 is 15.0 Å². The molecule has 0 saturated carbocycles. The fraction of sp³-hybridized carbons (Fsp3) is 0.333. The summed E-state index contributed by atoms with van der Waals surface area (Å²) in [7, 11) is 1.36. The third kappa shape index (κ3) is 4.29. The Bertz CT molecular complexity index is 644. The highest BCUT2D eigenvalue weighted by molar-refractivity contribution is 5.99. The number of hydrogen-bond acceptors (Lipinski definition) is 5. The van der Waals surface area contributed by atoms with Crippen LogP contribution in [0, 0.1) is 0 Å². The second-order valence-corrected chi connectivity index (χ2v) is 4.90. The Hall–Kier alpha value is -2.90. The molecule has 0 unspecified atom stereocenters. The molecule has 4 amide bonds. The zero-order valence-electron chi connectivity index (χ0n) is 12.6. The molecule has 1 aliphatic heterocycles. The van der Waals surface area contributed by atoms with Crippen molar-refractivity contribution in [2.75, 3.05) is 25.1 Å². The third-order valence-electron chi connectivity index (χ3n) is 3.28. The fourth-order valence-corrected chi connectivity index (χ4v) is 2.16. The molecule has 1 aliphatic rings. The van der Waals surface area contributed by atoms with Crippen LogP contribution in [-0.4, -0.2) is 44.0 Å². The first-order valence-corrected chi connectivity index (χ1v) is 7.10. The average molecular weight is 319 g/mol. The number of hydrogen-bond donors (Lipinski definition) is 2. The lowest BCUT2D eigenvalue weighted by Gasteiger charge is -2.16. The van der Waals surface area contributed by atoms with Gasteiger partial charge in [-0.15, -0.1) is 0 Å². The molecule has 0 bridgehead atoms. The highest BCUT2D eigenvalue weighted by Gasteiger charge is 2.22. The number of imide groups is 1. The largest absolute Gasteiger partial charge is 0.452 e. The van der Waals surface area contributed by atoms with Crippen LogP contribution < -0.4 is 15.5 Å². The second-order valence-electron chi connectivity index (χ2n) is 4.90. The molecule has 122 valence electrons. The Kier molecular flexibility index (Phi) is 5.29. The minimum absolute atomic E-state index is 0.0143. The van der Waals surface area contributed by atoms with Crippen molar-refractivity contribution in [2.24, 2.45) is 0 Å². The monoisotopic (exact) mass is 319 g/mol. The van der Waals surface area contributed by atoms with E-state index in [2.05, 4.69) is 5.32 Å². The summed E-state index contributed by atoms with van der Waals surface area (Å²) >= 11 is 0. The summed E-state index contributed by atoms with van der Waals surface area (Å²) in [5.41, 5.74) is 0.853. The zero-order chi connectivity index (χ0) is 16.8. The first kappa shape index (κ1) is 16.5. The van der Waals surface area contributed by atoms with E-state index < -0.39 is 24.5 Å². The van der Waals surface area contributed by atoms with E-state index in [9.17, 15) is 19.2 Å². The number of anilines is 1. The van der Waals surface area contributed by atoms with Gasteiger partial charge in [-0.3, -0.25) is 14.9 Å². The molecule has 0 atom stereocenters. The minimum atomic E-state index is -0.733. The number of benzene rings is 1. The minimum Gasteiger partial charge on any atom is -0.452 e. The lowest BCUT2D eigenvalue weighted by molar-refractivity contribution is -0.123. The van der Waals surface area contributed by atoms with E-state index in [0.717, 1.165) is 6.42 Å². The van der Waals surface area contributed by atoms with Gasteiger partial charge in [0.05, 0.1) is 5.56 Å². The van der Waals surface area contributed by atoms with Gasteiger partial charge in [0.25, 0.3) is 5.91 Å². The van der Waals surface area contributed by atoms with Gasteiger partial charge in [-0.2, -0.15) is 0 Å². The van der Waals surface area contributed by atoms with E-state index >= 15 is 0 Å². The first-order chi connectivity index (χ1) is 11.0. The molecule has 1 heterocycles. The van der Waals surface area contributed by atoms with E-state index in [1.165, 1.54) is 13.1 Å². The number of urea groups is 1. The molecule has 8 heteroatoms.